The van der Waals surface area contributed by atoms with E-state index >= 15 is 0 Å². The zero-order valence-corrected chi connectivity index (χ0v) is 24.8. The second-order valence-electron chi connectivity index (χ2n) is 9.56. The summed E-state index contributed by atoms with van der Waals surface area (Å²) in [7, 11) is 0. The Morgan fingerprint density at radius 2 is 1.60 bits per heavy atom. The van der Waals surface area contributed by atoms with Gasteiger partial charge >= 0.3 is 0 Å². The topological polar surface area (TPSA) is 87.3 Å². The molecular weight excluding hydrogens is 573 g/mol. The van der Waals surface area contributed by atoms with Gasteiger partial charge in [-0.3, -0.25) is 14.4 Å². The van der Waals surface area contributed by atoms with Crippen molar-refractivity contribution < 1.29 is 18.8 Å². The van der Waals surface area contributed by atoms with Crippen molar-refractivity contribution in [3.8, 4) is 0 Å². The van der Waals surface area contributed by atoms with Crippen molar-refractivity contribution in [1.29, 1.82) is 0 Å². The zero-order chi connectivity index (χ0) is 30.2. The molecule has 4 aromatic carbocycles. The summed E-state index contributed by atoms with van der Waals surface area (Å²) in [6.07, 6.45) is 1.20. The molecule has 42 heavy (non-hydrogen) atoms. The number of nitrogens with one attached hydrogen (secondary N) is 3. The van der Waals surface area contributed by atoms with Crippen molar-refractivity contribution in [2.24, 2.45) is 0 Å². The van der Waals surface area contributed by atoms with Crippen LogP contribution in [-0.2, 0) is 9.59 Å². The van der Waals surface area contributed by atoms with E-state index in [4.69, 9.17) is 11.6 Å². The molecule has 9 heteroatoms. The van der Waals surface area contributed by atoms with E-state index in [1.54, 1.807) is 54.6 Å². The first-order valence-electron chi connectivity index (χ1n) is 13.1. The highest BCUT2D eigenvalue weighted by molar-refractivity contribution is 8.00. The van der Waals surface area contributed by atoms with Gasteiger partial charge in [0.15, 0.2) is 0 Å². The number of rotatable bonds is 9. The molecule has 0 fully saturated rings. The Balaban J connectivity index is 1.46. The molecule has 214 valence electrons. The third-order valence-electron chi connectivity index (χ3n) is 6.25. The summed E-state index contributed by atoms with van der Waals surface area (Å²) in [5.74, 6) is -1.97. The van der Waals surface area contributed by atoms with Crippen LogP contribution in [0.5, 0.6) is 0 Å². The van der Waals surface area contributed by atoms with Crippen LogP contribution in [0.2, 0.25) is 5.02 Å². The molecule has 3 N–H and O–H groups in total. The number of amides is 3. The predicted molar refractivity (Wildman–Crippen MR) is 168 cm³/mol. The summed E-state index contributed by atoms with van der Waals surface area (Å²) in [6.45, 7) is 5.77. The van der Waals surface area contributed by atoms with Crippen LogP contribution >= 0.6 is 23.4 Å². The zero-order valence-electron chi connectivity index (χ0n) is 23.2. The van der Waals surface area contributed by atoms with E-state index in [1.165, 1.54) is 36.0 Å². The van der Waals surface area contributed by atoms with Crippen LogP contribution in [0.1, 0.15) is 34.0 Å². The van der Waals surface area contributed by atoms with Gasteiger partial charge < -0.3 is 16.0 Å². The quantitative estimate of drug-likeness (QED) is 0.136. The molecule has 0 bridgehead atoms. The second-order valence-corrected chi connectivity index (χ2v) is 11.4. The van der Waals surface area contributed by atoms with Crippen LogP contribution in [0.3, 0.4) is 0 Å². The number of carbonyl (C=O) groups excluding carboxylic acids is 3. The molecule has 1 atom stereocenters. The minimum atomic E-state index is -0.666. The van der Waals surface area contributed by atoms with Gasteiger partial charge in [-0.2, -0.15) is 0 Å². The molecule has 0 aliphatic heterocycles. The van der Waals surface area contributed by atoms with Gasteiger partial charge in [0.25, 0.3) is 11.8 Å². The maximum absolute atomic E-state index is 14.5. The van der Waals surface area contributed by atoms with Gasteiger partial charge in [0, 0.05) is 27.4 Å². The van der Waals surface area contributed by atoms with Crippen LogP contribution in [0.25, 0.3) is 6.08 Å². The molecule has 3 amide bonds. The van der Waals surface area contributed by atoms with Crippen molar-refractivity contribution in [2.45, 2.75) is 30.9 Å². The maximum Gasteiger partial charge on any atom is 0.272 e. The van der Waals surface area contributed by atoms with E-state index in [-0.39, 0.29) is 27.4 Å². The highest BCUT2D eigenvalue weighted by Gasteiger charge is 2.18. The number of thioether (sulfide) groups is 1. The van der Waals surface area contributed by atoms with Gasteiger partial charge in [-0.1, -0.05) is 53.6 Å². The molecule has 0 heterocycles. The summed E-state index contributed by atoms with van der Waals surface area (Å²) < 4.78 is 14.5. The highest BCUT2D eigenvalue weighted by Crippen LogP contribution is 2.27. The molecule has 4 rings (SSSR count). The minimum Gasteiger partial charge on any atom is -0.325 e. The van der Waals surface area contributed by atoms with E-state index in [0.717, 1.165) is 21.7 Å². The van der Waals surface area contributed by atoms with Crippen LogP contribution in [0.15, 0.2) is 102 Å². The van der Waals surface area contributed by atoms with Crippen molar-refractivity contribution in [2.75, 3.05) is 10.6 Å². The summed E-state index contributed by atoms with van der Waals surface area (Å²) >= 11 is 7.55. The molecule has 0 aliphatic rings. The molecule has 4 aromatic rings. The monoisotopic (exact) mass is 601 g/mol. The first kappa shape index (κ1) is 30.6. The van der Waals surface area contributed by atoms with Gasteiger partial charge in [0.2, 0.25) is 5.91 Å². The smallest absolute Gasteiger partial charge is 0.272 e. The lowest BCUT2D eigenvalue weighted by atomic mass is 10.1. The van der Waals surface area contributed by atoms with Crippen LogP contribution < -0.4 is 16.0 Å². The number of hydrogen-bond donors (Lipinski definition) is 3. The Bertz CT molecular complexity index is 1620. The van der Waals surface area contributed by atoms with E-state index in [9.17, 15) is 18.8 Å². The fourth-order valence-electron chi connectivity index (χ4n) is 4.00. The highest BCUT2D eigenvalue weighted by atomic mass is 35.5. The van der Waals surface area contributed by atoms with Gasteiger partial charge in [0.1, 0.15) is 11.5 Å². The third-order valence-corrected chi connectivity index (χ3v) is 7.69. The first-order chi connectivity index (χ1) is 20.1. The van der Waals surface area contributed by atoms with Crippen LogP contribution in [0.4, 0.5) is 15.8 Å². The lowest BCUT2D eigenvalue weighted by Crippen LogP contribution is -2.30. The van der Waals surface area contributed by atoms with Gasteiger partial charge in [0.05, 0.1) is 10.3 Å². The van der Waals surface area contributed by atoms with Crippen molar-refractivity contribution in [3.63, 3.8) is 0 Å². The molecule has 0 aromatic heterocycles. The Labute approximate surface area is 253 Å². The lowest BCUT2D eigenvalue weighted by molar-refractivity contribution is -0.115. The van der Waals surface area contributed by atoms with E-state index in [0.29, 0.717) is 11.3 Å². The summed E-state index contributed by atoms with van der Waals surface area (Å²) in [6, 6.07) is 25.3. The lowest BCUT2D eigenvalue weighted by Gasteiger charge is -2.15. The predicted octanol–water partition coefficient (Wildman–Crippen LogP) is 7.62. The number of halogens is 2. The molecule has 0 radical (unpaired) electrons. The van der Waals surface area contributed by atoms with Crippen LogP contribution in [-0.4, -0.2) is 23.0 Å². The van der Waals surface area contributed by atoms with Gasteiger partial charge in [-0.25, -0.2) is 4.39 Å². The largest absolute Gasteiger partial charge is 0.325 e. The van der Waals surface area contributed by atoms with Gasteiger partial charge in [-0.05, 0) is 87.0 Å². The Morgan fingerprint density at radius 1 is 0.881 bits per heavy atom. The fourth-order valence-corrected chi connectivity index (χ4v) is 5.08. The summed E-state index contributed by atoms with van der Waals surface area (Å²) in [5, 5.41) is 7.98. The fraction of sp³-hybridized carbons (Fsp3) is 0.121. The molecule has 0 spiro atoms. The molecule has 0 aliphatic carbocycles. The number of aryl methyl sites for hydroxylation is 2. The summed E-state index contributed by atoms with van der Waals surface area (Å²) in [4.78, 5) is 39.7. The molecule has 6 nitrogen and oxygen atoms in total. The second kappa shape index (κ2) is 14.0. The third kappa shape index (κ3) is 8.09. The molecule has 0 saturated heterocycles. The summed E-state index contributed by atoms with van der Waals surface area (Å²) in [5.41, 5.74) is 3.44. The molecular formula is C33H29ClFN3O3S. The Morgan fingerprint density at radius 3 is 2.26 bits per heavy atom. The number of carbonyl (C=O) groups is 3. The SMILES string of the molecule is Cc1ccc(NC(=O)C(C)Sc2ccc(NC(=O)/C(=C/c3c(F)cccc3Cl)NC(=O)c3ccccc3)cc2)c(C)c1. The number of hydrogen-bond acceptors (Lipinski definition) is 4. The Hall–Kier alpha value is -4.40. The minimum absolute atomic E-state index is 0.0301. The Kier molecular flexibility index (Phi) is 10.2. The van der Waals surface area contributed by atoms with E-state index in [2.05, 4.69) is 16.0 Å². The van der Waals surface area contributed by atoms with Crippen molar-refractivity contribution in [1.82, 2.24) is 5.32 Å². The molecule has 0 saturated carbocycles. The van der Waals surface area contributed by atoms with Crippen molar-refractivity contribution >= 4 is 58.5 Å². The van der Waals surface area contributed by atoms with Gasteiger partial charge in [-0.15, -0.1) is 11.8 Å². The average Bonchev–Trinajstić information content (AvgIpc) is 2.97. The number of benzene rings is 4. The van der Waals surface area contributed by atoms with E-state index < -0.39 is 17.6 Å². The van der Waals surface area contributed by atoms with Crippen LogP contribution in [0, 0.1) is 19.7 Å². The standard InChI is InChI=1S/C33H29ClFN3O3S/c1-20-12-17-29(21(2)18-20)37-31(39)22(3)42-25-15-13-24(14-16-25)36-33(41)30(19-26-27(34)10-7-11-28(26)35)38-32(40)23-8-5-4-6-9-23/h4-19,22H,1-3H3,(H,36,41)(H,37,39)(H,38,40)/b30-19-. The average molecular weight is 602 g/mol. The first-order valence-corrected chi connectivity index (χ1v) is 14.3. The van der Waals surface area contributed by atoms with Crippen molar-refractivity contribution in [3.05, 3.63) is 130 Å². The van der Waals surface area contributed by atoms with E-state index in [1.807, 2.05) is 39.0 Å². The normalized spacial score (nSPS) is 11.9. The number of anilines is 2. The maximum atomic E-state index is 14.5. The molecule has 1 unspecified atom stereocenters.